The second kappa shape index (κ2) is 19.8. The highest BCUT2D eigenvalue weighted by molar-refractivity contribution is 8.76. The lowest BCUT2D eigenvalue weighted by molar-refractivity contribution is -0.124. The van der Waals surface area contributed by atoms with Crippen LogP contribution >= 0.6 is 21.6 Å². The summed E-state index contributed by atoms with van der Waals surface area (Å²) in [5.74, 6) is 3.59. The Hall–Kier alpha value is -1.32. The van der Waals surface area contributed by atoms with Gasteiger partial charge in [-0.1, -0.05) is 21.6 Å². The largest absolute Gasteiger partial charge is 0.375 e. The zero-order valence-corrected chi connectivity index (χ0v) is 23.7. The Labute approximate surface area is 220 Å². The van der Waals surface area contributed by atoms with Crippen molar-refractivity contribution in [1.82, 2.24) is 16.0 Å². The second-order valence-corrected chi connectivity index (χ2v) is 11.5. The molecule has 0 aromatic heterocycles. The van der Waals surface area contributed by atoms with Crippen LogP contribution in [0.5, 0.6) is 0 Å². The van der Waals surface area contributed by atoms with Crippen LogP contribution in [0, 0.1) is 11.9 Å². The van der Waals surface area contributed by atoms with Crippen LogP contribution in [-0.2, 0) is 23.8 Å². The number of hydrogen-bond acceptors (Lipinski definition) is 8. The third-order valence-corrected chi connectivity index (χ3v) is 6.73. The molecule has 0 aliphatic rings. The zero-order valence-electron chi connectivity index (χ0n) is 22.0. The maximum absolute atomic E-state index is 12.0. The van der Waals surface area contributed by atoms with E-state index >= 15 is 0 Å². The van der Waals surface area contributed by atoms with E-state index in [2.05, 4.69) is 27.8 Å². The highest BCUT2D eigenvalue weighted by Crippen LogP contribution is 2.21. The van der Waals surface area contributed by atoms with Crippen molar-refractivity contribution in [1.29, 1.82) is 0 Å². The van der Waals surface area contributed by atoms with Crippen molar-refractivity contribution in [3.8, 4) is 11.9 Å². The van der Waals surface area contributed by atoms with E-state index in [-0.39, 0.29) is 29.6 Å². The summed E-state index contributed by atoms with van der Waals surface area (Å²) in [6.07, 6.45) is 2.01. The average molecular weight is 529 g/mol. The van der Waals surface area contributed by atoms with Crippen LogP contribution in [0.15, 0.2) is 0 Å². The molecule has 0 radical (unpaired) electrons. The van der Waals surface area contributed by atoms with Crippen molar-refractivity contribution in [2.75, 3.05) is 44.6 Å². The molecule has 0 bridgehead atoms. The van der Waals surface area contributed by atoms with Crippen LogP contribution in [0.2, 0.25) is 0 Å². The van der Waals surface area contributed by atoms with E-state index in [1.165, 1.54) is 18.6 Å². The fourth-order valence-corrected chi connectivity index (χ4v) is 4.11. The van der Waals surface area contributed by atoms with Gasteiger partial charge in [-0.3, -0.25) is 19.7 Å². The molecule has 0 atom stereocenters. The first-order valence-corrected chi connectivity index (χ1v) is 14.3. The van der Waals surface area contributed by atoms with Gasteiger partial charge in [0.1, 0.15) is 5.94 Å². The smallest absolute Gasteiger partial charge is 0.233 e. The highest BCUT2D eigenvalue weighted by Gasteiger charge is 2.23. The van der Waals surface area contributed by atoms with Crippen molar-refractivity contribution in [2.24, 2.45) is 0 Å². The molecule has 0 heterocycles. The van der Waals surface area contributed by atoms with Gasteiger partial charge in [0.05, 0.1) is 37.4 Å². The Bertz CT molecular complexity index is 702. The number of ether oxygens (including phenoxy) is 3. The Balaban J connectivity index is 3.73. The van der Waals surface area contributed by atoms with E-state index in [9.17, 15) is 14.4 Å². The molecule has 0 saturated carbocycles. The molecule has 3 N–H and O–H groups in total. The number of carbonyl (C=O) groups excluding carboxylic acids is 3. The van der Waals surface area contributed by atoms with E-state index in [0.29, 0.717) is 51.7 Å². The quantitative estimate of drug-likeness (QED) is 0.0526. The van der Waals surface area contributed by atoms with Gasteiger partial charge in [-0.15, -0.1) is 5.82 Å². The first-order valence-electron chi connectivity index (χ1n) is 11.8. The van der Waals surface area contributed by atoms with Gasteiger partial charge in [0.2, 0.25) is 19.7 Å². The van der Waals surface area contributed by atoms with Gasteiger partial charge in [0.25, 0.3) is 0 Å². The molecule has 0 spiro atoms. The molecule has 0 saturated heterocycles. The number of amides is 3. The second-order valence-electron chi connectivity index (χ2n) is 8.94. The number of rotatable bonds is 20. The zero-order chi connectivity index (χ0) is 26.6. The van der Waals surface area contributed by atoms with Gasteiger partial charge in [-0.2, -0.15) is 0 Å². The van der Waals surface area contributed by atoms with E-state index in [0.717, 1.165) is 12.2 Å². The maximum atomic E-state index is 12.0. The first-order chi connectivity index (χ1) is 16.5. The average Bonchev–Trinajstić information content (AvgIpc) is 2.75. The molecule has 9 nitrogen and oxygen atoms in total. The Morgan fingerprint density at radius 2 is 1.51 bits per heavy atom. The highest BCUT2D eigenvalue weighted by atomic mass is 33.1. The molecule has 0 aliphatic heterocycles. The molecular weight excluding hydrogens is 488 g/mol. The minimum atomic E-state index is -0.398. The molecule has 0 aromatic rings. The van der Waals surface area contributed by atoms with Crippen LogP contribution in [0.3, 0.4) is 0 Å². The van der Waals surface area contributed by atoms with Crippen LogP contribution in [-0.4, -0.2) is 89.1 Å². The third-order valence-electron chi connectivity index (χ3n) is 4.64. The summed E-state index contributed by atoms with van der Waals surface area (Å²) in [6.45, 7) is 10.4. The van der Waals surface area contributed by atoms with Crippen molar-refractivity contribution in [3.63, 3.8) is 0 Å². The molecule has 35 heavy (non-hydrogen) atoms. The number of nitrogens with one attached hydrogen (secondary N) is 3. The molecule has 13 heteroatoms. The predicted octanol–water partition coefficient (Wildman–Crippen LogP) is 0.619. The van der Waals surface area contributed by atoms with E-state index in [1.807, 2.05) is 27.7 Å². The molecule has 198 valence electrons. The molecule has 0 aliphatic carbocycles. The van der Waals surface area contributed by atoms with Gasteiger partial charge in [0, 0.05) is 25.3 Å². The molecule has 0 rings (SSSR count). The summed E-state index contributed by atoms with van der Waals surface area (Å²) in [5.41, 5.74) is -0.730. The lowest BCUT2D eigenvalue weighted by Crippen LogP contribution is -2.35. The van der Waals surface area contributed by atoms with Crippen LogP contribution < -0.4 is 16.0 Å². The van der Waals surface area contributed by atoms with Crippen molar-refractivity contribution in [2.45, 2.75) is 64.6 Å². The normalized spacial score (nSPS) is 11.3. The summed E-state index contributed by atoms with van der Waals surface area (Å²) in [6, 6.07) is 2.50. The molecule has 3 amide bonds. The fraction of sp³-hybridized carbons (Fsp3) is 0.773. The van der Waals surface area contributed by atoms with E-state index in [4.69, 9.17) is 14.2 Å². The van der Waals surface area contributed by atoms with Crippen molar-refractivity contribution in [3.05, 3.63) is 0 Å². The lowest BCUT2D eigenvalue weighted by Gasteiger charge is -2.30. The SMILES string of the molecule is BC#CNC(=O)CCOCSSCCNC(=O)CCOC(C)(C)CCOC(C)(C)CCNC(B)=O. The summed E-state index contributed by atoms with van der Waals surface area (Å²) < 4.78 is 17.2. The fourth-order valence-electron chi connectivity index (χ4n) is 2.54. The molecule has 0 aromatic carbocycles. The van der Waals surface area contributed by atoms with Crippen molar-refractivity contribution >= 4 is 54.9 Å². The lowest BCUT2D eigenvalue weighted by atomic mass is 10.0. The van der Waals surface area contributed by atoms with Crippen LogP contribution in [0.4, 0.5) is 4.79 Å². The van der Waals surface area contributed by atoms with Crippen LogP contribution in [0.25, 0.3) is 0 Å². The van der Waals surface area contributed by atoms with Crippen LogP contribution in [0.1, 0.15) is 53.4 Å². The van der Waals surface area contributed by atoms with E-state index in [1.54, 1.807) is 18.6 Å². The minimum Gasteiger partial charge on any atom is -0.375 e. The Morgan fingerprint density at radius 3 is 2.20 bits per heavy atom. The van der Waals surface area contributed by atoms with Gasteiger partial charge >= 0.3 is 0 Å². The number of carbonyl (C=O) groups is 3. The van der Waals surface area contributed by atoms with E-state index < -0.39 is 5.60 Å². The van der Waals surface area contributed by atoms with Gasteiger partial charge < -0.3 is 24.8 Å². The molecule has 0 fully saturated rings. The predicted molar refractivity (Wildman–Crippen MR) is 149 cm³/mol. The minimum absolute atomic E-state index is 0.0418. The Morgan fingerprint density at radius 1 is 0.857 bits per heavy atom. The first kappa shape index (κ1) is 33.7. The maximum Gasteiger partial charge on any atom is 0.233 e. The summed E-state index contributed by atoms with van der Waals surface area (Å²) in [4.78, 5) is 34.3. The van der Waals surface area contributed by atoms with Gasteiger partial charge in [-0.05, 0) is 46.6 Å². The van der Waals surface area contributed by atoms with Crippen molar-refractivity contribution < 1.29 is 28.6 Å². The third kappa shape index (κ3) is 22.9. The van der Waals surface area contributed by atoms with Gasteiger partial charge in [-0.25, -0.2) is 0 Å². The van der Waals surface area contributed by atoms with Gasteiger partial charge in [0.15, 0.2) is 13.7 Å². The molecular formula is C22H41B2N3O6S2. The molecule has 0 unspecified atom stereocenters. The summed E-state index contributed by atoms with van der Waals surface area (Å²) >= 11 is 0. The Kier molecular flexibility index (Phi) is 19.1. The number of hydrogen-bond donors (Lipinski definition) is 3. The standard InChI is InChI=1S/C22H41B2N3O6S2/c1-21(2,7-10-27-20(24)30)33-15-8-22(3,4)32-14-6-19(29)26-12-16-34-35-17-31-13-5-18(28)25-11-9-23/h5-8,10,12-17,23-24H2,1-4H3,(H,25,28)(H,26,29)(H,27,30). The monoisotopic (exact) mass is 529 g/mol. The topological polar surface area (TPSA) is 115 Å². The summed E-state index contributed by atoms with van der Waals surface area (Å²) in [5, 5.41) is 8.11. The summed E-state index contributed by atoms with van der Waals surface area (Å²) in [7, 11) is 6.30.